The molecule has 2 rings (SSSR count). The van der Waals surface area contributed by atoms with E-state index in [0.717, 1.165) is 11.3 Å². The van der Waals surface area contributed by atoms with Crippen LogP contribution in [-0.4, -0.2) is 12.1 Å². The zero-order valence-corrected chi connectivity index (χ0v) is 9.91. The smallest absolute Gasteiger partial charge is 0.198 e. The number of nitrogens with one attached hydrogen (secondary N) is 1. The molecule has 0 spiro atoms. The Morgan fingerprint density at radius 1 is 1.41 bits per heavy atom. The van der Waals surface area contributed by atoms with Crippen molar-refractivity contribution in [1.29, 1.82) is 5.26 Å². The summed E-state index contributed by atoms with van der Waals surface area (Å²) in [5.74, 6) is 6.04. The first-order valence-electron chi connectivity index (χ1n) is 4.80. The molecular formula is C11H10N4OS. The summed E-state index contributed by atoms with van der Waals surface area (Å²) in [5, 5.41) is 9.54. The lowest BCUT2D eigenvalue weighted by atomic mass is 10.1. The molecule has 0 saturated carbocycles. The average molecular weight is 246 g/mol. The Labute approximate surface area is 102 Å². The van der Waals surface area contributed by atoms with E-state index in [2.05, 4.69) is 16.5 Å². The molecule has 86 valence electrons. The molecule has 0 fully saturated rings. The van der Waals surface area contributed by atoms with Gasteiger partial charge in [0.15, 0.2) is 5.13 Å². The van der Waals surface area contributed by atoms with Gasteiger partial charge in [-0.2, -0.15) is 5.26 Å². The van der Waals surface area contributed by atoms with Crippen molar-refractivity contribution in [2.45, 2.75) is 0 Å². The maximum absolute atomic E-state index is 9.02. The lowest BCUT2D eigenvalue weighted by Crippen LogP contribution is -2.05. The second kappa shape index (κ2) is 4.82. The molecule has 3 N–H and O–H groups in total. The van der Waals surface area contributed by atoms with Crippen LogP contribution in [0.3, 0.4) is 0 Å². The topological polar surface area (TPSA) is 84.0 Å². The Kier molecular flexibility index (Phi) is 3.23. The summed E-state index contributed by atoms with van der Waals surface area (Å²) in [7, 11) is 1.61. The largest absolute Gasteiger partial charge is 0.497 e. The van der Waals surface area contributed by atoms with Gasteiger partial charge in [-0.3, -0.25) is 5.43 Å². The molecule has 1 heterocycles. The lowest BCUT2D eigenvalue weighted by Gasteiger charge is -2.01. The fourth-order valence-electron chi connectivity index (χ4n) is 1.40. The van der Waals surface area contributed by atoms with Crippen molar-refractivity contribution in [2.24, 2.45) is 5.84 Å². The first-order valence-corrected chi connectivity index (χ1v) is 5.62. The van der Waals surface area contributed by atoms with E-state index in [1.54, 1.807) is 7.11 Å². The number of methoxy groups -OCH3 is 1. The second-order valence-electron chi connectivity index (χ2n) is 3.18. The number of ether oxygens (including phenoxy) is 1. The van der Waals surface area contributed by atoms with E-state index in [4.69, 9.17) is 15.8 Å². The minimum atomic E-state index is 0.521. The predicted molar refractivity (Wildman–Crippen MR) is 66.6 cm³/mol. The van der Waals surface area contributed by atoms with Crippen LogP contribution in [0.15, 0.2) is 24.3 Å². The number of benzene rings is 1. The Balaban J connectivity index is 2.44. The molecule has 17 heavy (non-hydrogen) atoms. The number of rotatable bonds is 3. The lowest BCUT2D eigenvalue weighted by molar-refractivity contribution is 0.415. The van der Waals surface area contributed by atoms with Crippen LogP contribution < -0.4 is 16.0 Å². The van der Waals surface area contributed by atoms with Gasteiger partial charge in [0.2, 0.25) is 0 Å². The van der Waals surface area contributed by atoms with Crippen molar-refractivity contribution in [3.63, 3.8) is 0 Å². The van der Waals surface area contributed by atoms with Gasteiger partial charge in [-0.1, -0.05) is 11.3 Å². The van der Waals surface area contributed by atoms with Crippen LogP contribution in [-0.2, 0) is 0 Å². The fourth-order valence-corrected chi connectivity index (χ4v) is 2.10. The number of nitrogens with two attached hydrogens (primary N) is 1. The molecule has 0 aliphatic carbocycles. The summed E-state index contributed by atoms with van der Waals surface area (Å²) in [5.41, 5.74) is 3.94. The predicted octanol–water partition coefficient (Wildman–Crippen LogP) is 1.98. The van der Waals surface area contributed by atoms with Crippen LogP contribution in [0.2, 0.25) is 0 Å². The van der Waals surface area contributed by atoms with Crippen LogP contribution in [0.1, 0.15) is 4.88 Å². The number of hydrazine groups is 1. The van der Waals surface area contributed by atoms with Crippen molar-refractivity contribution >= 4 is 16.5 Å². The maximum Gasteiger partial charge on any atom is 0.198 e. The highest BCUT2D eigenvalue weighted by Gasteiger charge is 2.12. The molecule has 6 heteroatoms. The van der Waals surface area contributed by atoms with Gasteiger partial charge in [0.1, 0.15) is 22.4 Å². The summed E-state index contributed by atoms with van der Waals surface area (Å²) in [6.45, 7) is 0. The summed E-state index contributed by atoms with van der Waals surface area (Å²) >= 11 is 1.22. The van der Waals surface area contributed by atoms with Crippen LogP contribution in [0, 0.1) is 11.3 Å². The average Bonchev–Trinajstić information content (AvgIpc) is 2.82. The number of nitrogen functional groups attached to an aromatic ring is 1. The van der Waals surface area contributed by atoms with E-state index in [0.29, 0.717) is 15.7 Å². The monoisotopic (exact) mass is 246 g/mol. The van der Waals surface area contributed by atoms with Crippen molar-refractivity contribution < 1.29 is 4.74 Å². The molecule has 0 aliphatic heterocycles. The van der Waals surface area contributed by atoms with Gasteiger partial charge in [0, 0.05) is 5.56 Å². The van der Waals surface area contributed by atoms with Gasteiger partial charge >= 0.3 is 0 Å². The van der Waals surface area contributed by atoms with Gasteiger partial charge < -0.3 is 4.74 Å². The van der Waals surface area contributed by atoms with Crippen molar-refractivity contribution in [2.75, 3.05) is 12.5 Å². The summed E-state index contributed by atoms with van der Waals surface area (Å²) in [6.07, 6.45) is 0. The van der Waals surface area contributed by atoms with E-state index >= 15 is 0 Å². The Bertz CT molecular complexity index is 556. The van der Waals surface area contributed by atoms with E-state index in [1.807, 2.05) is 24.3 Å². The number of nitriles is 1. The Hall–Kier alpha value is -2.10. The van der Waals surface area contributed by atoms with Crippen LogP contribution in [0.25, 0.3) is 11.3 Å². The third-order valence-corrected chi connectivity index (χ3v) is 3.11. The highest BCUT2D eigenvalue weighted by atomic mass is 32.1. The Morgan fingerprint density at radius 3 is 2.65 bits per heavy atom. The summed E-state index contributed by atoms with van der Waals surface area (Å²) in [4.78, 5) is 4.78. The van der Waals surface area contributed by atoms with Crippen LogP contribution in [0.5, 0.6) is 5.75 Å². The SMILES string of the molecule is COc1ccc(-c2nc(NN)sc2C#N)cc1. The molecule has 1 aromatic carbocycles. The first-order chi connectivity index (χ1) is 8.28. The molecule has 2 aromatic rings. The first kappa shape index (κ1) is 11.4. The van der Waals surface area contributed by atoms with E-state index in [9.17, 15) is 0 Å². The molecule has 0 unspecified atom stereocenters. The van der Waals surface area contributed by atoms with Gasteiger partial charge in [-0.15, -0.1) is 0 Å². The molecule has 1 aromatic heterocycles. The molecule has 5 nitrogen and oxygen atoms in total. The van der Waals surface area contributed by atoms with Crippen molar-refractivity contribution in [1.82, 2.24) is 4.98 Å². The molecule has 0 saturated heterocycles. The Morgan fingerprint density at radius 2 is 2.12 bits per heavy atom. The third-order valence-electron chi connectivity index (χ3n) is 2.22. The summed E-state index contributed by atoms with van der Waals surface area (Å²) < 4.78 is 5.07. The van der Waals surface area contributed by atoms with Crippen molar-refractivity contribution in [3.8, 4) is 23.1 Å². The molecule has 0 aliphatic rings. The van der Waals surface area contributed by atoms with Gasteiger partial charge in [0.25, 0.3) is 0 Å². The number of anilines is 1. The molecule has 0 atom stereocenters. The van der Waals surface area contributed by atoms with E-state index in [1.165, 1.54) is 11.3 Å². The number of aromatic nitrogens is 1. The minimum Gasteiger partial charge on any atom is -0.497 e. The second-order valence-corrected chi connectivity index (χ2v) is 4.18. The standard InChI is InChI=1S/C11H10N4OS/c1-16-8-4-2-7(3-5-8)10-9(6-12)17-11(14-10)15-13/h2-5H,13H2,1H3,(H,14,15). The molecule has 0 radical (unpaired) electrons. The van der Waals surface area contributed by atoms with Gasteiger partial charge in [0.05, 0.1) is 7.11 Å². The van der Waals surface area contributed by atoms with E-state index < -0.39 is 0 Å². The van der Waals surface area contributed by atoms with Crippen LogP contribution >= 0.6 is 11.3 Å². The number of hydrogen-bond acceptors (Lipinski definition) is 6. The number of hydrogen-bond donors (Lipinski definition) is 2. The van der Waals surface area contributed by atoms with Gasteiger partial charge in [-0.25, -0.2) is 10.8 Å². The van der Waals surface area contributed by atoms with Crippen LogP contribution in [0.4, 0.5) is 5.13 Å². The highest BCUT2D eigenvalue weighted by molar-refractivity contribution is 7.16. The highest BCUT2D eigenvalue weighted by Crippen LogP contribution is 2.30. The van der Waals surface area contributed by atoms with Crippen molar-refractivity contribution in [3.05, 3.63) is 29.1 Å². The maximum atomic E-state index is 9.02. The third kappa shape index (κ3) is 2.20. The summed E-state index contributed by atoms with van der Waals surface area (Å²) in [6, 6.07) is 9.47. The number of thiazole rings is 1. The normalized spacial score (nSPS) is 9.71. The van der Waals surface area contributed by atoms with Gasteiger partial charge in [-0.05, 0) is 24.3 Å². The van der Waals surface area contributed by atoms with E-state index in [-0.39, 0.29) is 0 Å². The molecule has 0 amide bonds. The molecular weight excluding hydrogens is 236 g/mol. The number of nitrogens with zero attached hydrogens (tertiary/aromatic N) is 2. The zero-order chi connectivity index (χ0) is 12.3. The molecule has 0 bridgehead atoms. The zero-order valence-electron chi connectivity index (χ0n) is 9.10. The fraction of sp³-hybridized carbons (Fsp3) is 0.0909. The quantitative estimate of drug-likeness (QED) is 0.639. The minimum absolute atomic E-state index is 0.521.